The van der Waals surface area contributed by atoms with E-state index in [1.54, 1.807) is 0 Å². The van der Waals surface area contributed by atoms with Crippen LogP contribution in [0.1, 0.15) is 50.5 Å². The minimum Gasteiger partial charge on any atom is -0.481 e. The van der Waals surface area contributed by atoms with Crippen LogP contribution in [0.5, 0.6) is 0 Å². The summed E-state index contributed by atoms with van der Waals surface area (Å²) in [7, 11) is 0. The molecule has 4 nitrogen and oxygen atoms in total. The van der Waals surface area contributed by atoms with Crippen molar-refractivity contribution in [1.82, 2.24) is 9.80 Å². The van der Waals surface area contributed by atoms with Crippen LogP contribution in [0, 0.1) is 11.8 Å². The number of halogens is 2. The minimum atomic E-state index is -0.687. The Balaban J connectivity index is 1.56. The Kier molecular flexibility index (Phi) is 6.51. The van der Waals surface area contributed by atoms with Crippen LogP contribution in [-0.4, -0.2) is 52.6 Å². The van der Waals surface area contributed by atoms with Crippen LogP contribution in [-0.2, 0) is 11.3 Å². The molecule has 0 spiro atoms. The van der Waals surface area contributed by atoms with Gasteiger partial charge in [-0.2, -0.15) is 0 Å². The molecular weight excluding hydrogens is 395 g/mol. The fourth-order valence-electron chi connectivity index (χ4n) is 6.00. The average molecular weight is 425 g/mol. The number of hydrogen-bond donors (Lipinski definition) is 1. The molecule has 0 amide bonds. The van der Waals surface area contributed by atoms with Crippen molar-refractivity contribution in [3.05, 3.63) is 33.8 Å². The number of aliphatic carboxylic acids is 1. The molecule has 3 heterocycles. The third kappa shape index (κ3) is 4.35. The lowest BCUT2D eigenvalue weighted by Crippen LogP contribution is -2.64. The van der Waals surface area contributed by atoms with Crippen molar-refractivity contribution >= 4 is 29.2 Å². The number of carboxylic acids is 1. The van der Waals surface area contributed by atoms with Gasteiger partial charge in [-0.1, -0.05) is 29.3 Å². The molecule has 0 aromatic heterocycles. The second-order valence-corrected chi connectivity index (χ2v) is 9.58. The van der Waals surface area contributed by atoms with Gasteiger partial charge in [0.05, 0.1) is 10.0 Å². The number of benzene rings is 1. The molecule has 28 heavy (non-hydrogen) atoms. The Morgan fingerprint density at radius 3 is 2.68 bits per heavy atom. The summed E-state index contributed by atoms with van der Waals surface area (Å²) in [5, 5.41) is 10.3. The molecule has 4 atom stereocenters. The molecule has 1 aromatic carbocycles. The first kappa shape index (κ1) is 20.5. The van der Waals surface area contributed by atoms with Gasteiger partial charge in [-0.3, -0.25) is 14.6 Å². The van der Waals surface area contributed by atoms with Gasteiger partial charge in [0.25, 0.3) is 0 Å². The number of rotatable bonds is 6. The standard InChI is InChI=1S/C22H30Cl2N2O2/c23-18-9-8-15(12-19(18)24)13-26-14-16-4-2-10-25-11-3-5-17(22(16)25)20(26)6-1-7-21(27)28/h8-9,12,16-17,20,22H,1-7,10-11,13-14H2,(H,27,28)/t16-,17+,20+,22-/m0/s1. The van der Waals surface area contributed by atoms with Crippen LogP contribution in [0.4, 0.5) is 0 Å². The highest BCUT2D eigenvalue weighted by atomic mass is 35.5. The molecule has 3 aliphatic heterocycles. The van der Waals surface area contributed by atoms with Gasteiger partial charge in [0.2, 0.25) is 0 Å². The van der Waals surface area contributed by atoms with E-state index in [1.807, 2.05) is 12.1 Å². The molecule has 3 aliphatic rings. The Hall–Kier alpha value is -0.810. The van der Waals surface area contributed by atoms with E-state index in [1.165, 1.54) is 44.3 Å². The quantitative estimate of drug-likeness (QED) is 0.703. The van der Waals surface area contributed by atoms with Gasteiger partial charge in [-0.25, -0.2) is 0 Å². The van der Waals surface area contributed by atoms with E-state index >= 15 is 0 Å². The molecule has 0 radical (unpaired) electrons. The highest BCUT2D eigenvalue weighted by Gasteiger charge is 2.48. The van der Waals surface area contributed by atoms with Gasteiger partial charge in [0.1, 0.15) is 0 Å². The maximum atomic E-state index is 11.1. The second-order valence-electron chi connectivity index (χ2n) is 8.77. The van der Waals surface area contributed by atoms with Crippen molar-refractivity contribution < 1.29 is 9.90 Å². The third-order valence-electron chi connectivity index (χ3n) is 7.04. The van der Waals surface area contributed by atoms with Crippen molar-refractivity contribution in [2.24, 2.45) is 11.8 Å². The molecule has 1 aromatic rings. The largest absolute Gasteiger partial charge is 0.481 e. The SMILES string of the molecule is O=C(O)CCC[C@@H]1[C@H]2CCCN3CCC[C@@H](CN1Cc1ccc(Cl)c(Cl)c1)[C@@H]23. The normalized spacial score (nSPS) is 30.8. The van der Waals surface area contributed by atoms with Crippen molar-refractivity contribution in [2.45, 2.75) is 63.6 Å². The van der Waals surface area contributed by atoms with E-state index in [9.17, 15) is 4.79 Å². The first-order valence-electron chi connectivity index (χ1n) is 10.7. The molecule has 3 saturated heterocycles. The molecule has 4 rings (SSSR count). The molecule has 0 aliphatic carbocycles. The smallest absolute Gasteiger partial charge is 0.303 e. The lowest BCUT2D eigenvalue weighted by Gasteiger charge is -2.57. The molecule has 0 unspecified atom stereocenters. The predicted octanol–water partition coefficient (Wildman–Crippen LogP) is 4.92. The van der Waals surface area contributed by atoms with Gasteiger partial charge in [0.15, 0.2) is 0 Å². The van der Waals surface area contributed by atoms with Crippen LogP contribution < -0.4 is 0 Å². The number of carbonyl (C=O) groups is 1. The van der Waals surface area contributed by atoms with Crippen LogP contribution in [0.3, 0.4) is 0 Å². The van der Waals surface area contributed by atoms with Crippen LogP contribution in [0.25, 0.3) is 0 Å². The van der Waals surface area contributed by atoms with E-state index < -0.39 is 5.97 Å². The Morgan fingerprint density at radius 2 is 1.93 bits per heavy atom. The Bertz CT molecular complexity index is 712. The van der Waals surface area contributed by atoms with Gasteiger partial charge in [-0.15, -0.1) is 0 Å². The zero-order chi connectivity index (χ0) is 19.7. The molecule has 154 valence electrons. The summed E-state index contributed by atoms with van der Waals surface area (Å²) in [6.07, 6.45) is 7.15. The van der Waals surface area contributed by atoms with E-state index in [0.29, 0.717) is 28.0 Å². The van der Waals surface area contributed by atoms with E-state index in [4.69, 9.17) is 28.3 Å². The summed E-state index contributed by atoms with van der Waals surface area (Å²) in [5.41, 5.74) is 1.19. The van der Waals surface area contributed by atoms with Crippen LogP contribution >= 0.6 is 23.2 Å². The van der Waals surface area contributed by atoms with Gasteiger partial charge >= 0.3 is 5.97 Å². The number of nitrogens with zero attached hydrogens (tertiary/aromatic N) is 2. The maximum absolute atomic E-state index is 11.1. The van der Waals surface area contributed by atoms with Crippen molar-refractivity contribution in [1.29, 1.82) is 0 Å². The van der Waals surface area contributed by atoms with Crippen molar-refractivity contribution in [2.75, 3.05) is 19.6 Å². The topological polar surface area (TPSA) is 43.8 Å². The molecule has 6 heteroatoms. The zero-order valence-electron chi connectivity index (χ0n) is 16.3. The van der Waals surface area contributed by atoms with Crippen molar-refractivity contribution in [3.8, 4) is 0 Å². The van der Waals surface area contributed by atoms with E-state index in [-0.39, 0.29) is 6.42 Å². The minimum absolute atomic E-state index is 0.266. The van der Waals surface area contributed by atoms with Crippen LogP contribution in [0.15, 0.2) is 18.2 Å². The first-order chi connectivity index (χ1) is 13.5. The third-order valence-corrected chi connectivity index (χ3v) is 7.78. The monoisotopic (exact) mass is 424 g/mol. The molecular formula is C22H30Cl2N2O2. The average Bonchev–Trinajstić information content (AvgIpc) is 2.67. The number of hydrogen-bond acceptors (Lipinski definition) is 3. The first-order valence-corrected chi connectivity index (χ1v) is 11.4. The van der Waals surface area contributed by atoms with E-state index in [2.05, 4.69) is 15.9 Å². The molecule has 1 N–H and O–H groups in total. The summed E-state index contributed by atoms with van der Waals surface area (Å²) in [6, 6.07) is 7.09. The molecule has 0 bridgehead atoms. The highest BCUT2D eigenvalue weighted by Crippen LogP contribution is 2.43. The van der Waals surface area contributed by atoms with E-state index in [0.717, 1.165) is 31.8 Å². The van der Waals surface area contributed by atoms with Crippen LogP contribution in [0.2, 0.25) is 10.0 Å². The second kappa shape index (κ2) is 8.91. The highest BCUT2D eigenvalue weighted by molar-refractivity contribution is 6.42. The van der Waals surface area contributed by atoms with Gasteiger partial charge in [0, 0.05) is 31.6 Å². The molecule has 0 saturated carbocycles. The van der Waals surface area contributed by atoms with Gasteiger partial charge in [-0.05, 0) is 81.1 Å². The Labute approximate surface area is 177 Å². The summed E-state index contributed by atoms with van der Waals surface area (Å²) in [4.78, 5) is 16.4. The summed E-state index contributed by atoms with van der Waals surface area (Å²) in [5.74, 6) is 0.703. The molecule has 3 fully saturated rings. The summed E-state index contributed by atoms with van der Waals surface area (Å²) in [6.45, 7) is 4.46. The summed E-state index contributed by atoms with van der Waals surface area (Å²) >= 11 is 12.4. The Morgan fingerprint density at radius 1 is 1.14 bits per heavy atom. The number of likely N-dealkylation sites (tertiary alicyclic amines) is 1. The maximum Gasteiger partial charge on any atom is 0.303 e. The van der Waals surface area contributed by atoms with Gasteiger partial charge < -0.3 is 5.11 Å². The summed E-state index contributed by atoms with van der Waals surface area (Å²) < 4.78 is 0. The fraction of sp³-hybridized carbons (Fsp3) is 0.682. The van der Waals surface area contributed by atoms with Crippen molar-refractivity contribution in [3.63, 3.8) is 0 Å². The lowest BCUT2D eigenvalue weighted by molar-refractivity contribution is -0.137. The number of carboxylic acid groups (broad SMARTS) is 1. The lowest BCUT2D eigenvalue weighted by atomic mass is 9.69. The fourth-order valence-corrected chi connectivity index (χ4v) is 6.32. The number of piperidine rings is 3. The zero-order valence-corrected chi connectivity index (χ0v) is 17.8. The predicted molar refractivity (Wildman–Crippen MR) is 113 cm³/mol.